The average Bonchev–Trinajstić information content (AvgIpc) is 3.59. The molecule has 0 radical (unpaired) electrons. The van der Waals surface area contributed by atoms with Crippen molar-refractivity contribution in [2.24, 2.45) is 0 Å². The van der Waals surface area contributed by atoms with Crippen LogP contribution in [0.3, 0.4) is 0 Å². The molecule has 1 amide bonds. The van der Waals surface area contributed by atoms with E-state index in [-0.39, 0.29) is 25.2 Å². The second kappa shape index (κ2) is 8.45. The van der Waals surface area contributed by atoms with E-state index in [1.54, 1.807) is 26.1 Å². The van der Waals surface area contributed by atoms with Crippen molar-refractivity contribution in [2.45, 2.75) is 43.8 Å². The molecule has 0 spiro atoms. The fraction of sp³-hybridized carbons (Fsp3) is 0.346. The van der Waals surface area contributed by atoms with Crippen LogP contribution in [0, 0.1) is 5.95 Å². The zero-order valence-electron chi connectivity index (χ0n) is 19.0. The molecular formula is C26H26FN3O4. The van der Waals surface area contributed by atoms with Crippen molar-refractivity contribution in [3.8, 4) is 17.0 Å². The van der Waals surface area contributed by atoms with Crippen LogP contribution in [0.2, 0.25) is 0 Å². The molecule has 2 aliphatic rings. The highest BCUT2D eigenvalue weighted by Gasteiger charge is 2.47. The van der Waals surface area contributed by atoms with Crippen LogP contribution in [-0.2, 0) is 20.5 Å². The molecule has 1 saturated carbocycles. The van der Waals surface area contributed by atoms with E-state index in [0.29, 0.717) is 17.1 Å². The number of aliphatic hydroxyl groups is 1. The van der Waals surface area contributed by atoms with Crippen molar-refractivity contribution in [1.82, 2.24) is 9.97 Å². The van der Waals surface area contributed by atoms with Gasteiger partial charge in [0.25, 0.3) is 0 Å². The third-order valence-electron chi connectivity index (χ3n) is 6.22. The van der Waals surface area contributed by atoms with Gasteiger partial charge in [-0.3, -0.25) is 4.79 Å². The second-order valence-corrected chi connectivity index (χ2v) is 9.42. The van der Waals surface area contributed by atoms with Crippen molar-refractivity contribution in [3.05, 3.63) is 71.9 Å². The molecule has 5 rings (SSSR count). The predicted molar refractivity (Wildman–Crippen MR) is 124 cm³/mol. The number of carbonyl (C=O) groups is 1. The summed E-state index contributed by atoms with van der Waals surface area (Å²) in [6.45, 7) is 3.96. The maximum absolute atomic E-state index is 13.1. The predicted octanol–water partition coefficient (Wildman–Crippen LogP) is 3.96. The molecule has 3 aromatic rings. The number of hydrogen-bond donors (Lipinski definition) is 2. The summed E-state index contributed by atoms with van der Waals surface area (Å²) in [5.41, 5.74) is 1.67. The molecule has 0 bridgehead atoms. The number of nitrogens with zero attached hydrogens (tertiary/aromatic N) is 2. The monoisotopic (exact) mass is 463 g/mol. The van der Waals surface area contributed by atoms with Gasteiger partial charge in [0.1, 0.15) is 11.5 Å². The SMILES string of the molecule is CC(C)(O)c1cc(OC2CC2)ncc1-c1ccc(C2(C(=O)Nc3ccc(F)nc3)COC2)cc1. The summed E-state index contributed by atoms with van der Waals surface area (Å²) in [4.78, 5) is 21.1. The Morgan fingerprint density at radius 2 is 1.88 bits per heavy atom. The highest BCUT2D eigenvalue weighted by molar-refractivity contribution is 6.00. The van der Waals surface area contributed by atoms with E-state index in [1.165, 1.54) is 18.3 Å². The summed E-state index contributed by atoms with van der Waals surface area (Å²) in [5.74, 6) is -0.333. The highest BCUT2D eigenvalue weighted by Crippen LogP contribution is 2.38. The number of amides is 1. The number of ether oxygens (including phenoxy) is 2. The Morgan fingerprint density at radius 3 is 2.44 bits per heavy atom. The molecular weight excluding hydrogens is 437 g/mol. The first-order valence-corrected chi connectivity index (χ1v) is 11.3. The first-order valence-electron chi connectivity index (χ1n) is 11.3. The van der Waals surface area contributed by atoms with Gasteiger partial charge in [0.2, 0.25) is 17.7 Å². The Kier molecular flexibility index (Phi) is 5.58. The fourth-order valence-corrected chi connectivity index (χ4v) is 4.00. The molecule has 2 aromatic heterocycles. The summed E-state index contributed by atoms with van der Waals surface area (Å²) < 4.78 is 24.3. The molecule has 7 nitrogen and oxygen atoms in total. The van der Waals surface area contributed by atoms with Gasteiger partial charge in [-0.2, -0.15) is 4.39 Å². The third kappa shape index (κ3) is 4.38. The minimum atomic E-state index is -1.09. The van der Waals surface area contributed by atoms with Gasteiger partial charge in [0.15, 0.2) is 0 Å². The Morgan fingerprint density at radius 1 is 1.15 bits per heavy atom. The molecule has 0 atom stereocenters. The quantitative estimate of drug-likeness (QED) is 0.515. The van der Waals surface area contributed by atoms with Crippen molar-refractivity contribution < 1.29 is 23.8 Å². The normalized spacial score (nSPS) is 17.1. The summed E-state index contributed by atoms with van der Waals surface area (Å²) in [7, 11) is 0. The van der Waals surface area contributed by atoms with Crippen molar-refractivity contribution in [2.75, 3.05) is 18.5 Å². The van der Waals surface area contributed by atoms with Crippen LogP contribution in [0.15, 0.2) is 54.9 Å². The molecule has 8 heteroatoms. The minimum Gasteiger partial charge on any atom is -0.474 e. The third-order valence-corrected chi connectivity index (χ3v) is 6.22. The molecule has 1 aliphatic heterocycles. The first kappa shape index (κ1) is 22.4. The van der Waals surface area contributed by atoms with Crippen LogP contribution in [0.4, 0.5) is 10.1 Å². The van der Waals surface area contributed by atoms with Gasteiger partial charge in [-0.15, -0.1) is 0 Å². The van der Waals surface area contributed by atoms with Crippen LogP contribution in [-0.4, -0.2) is 40.3 Å². The fourth-order valence-electron chi connectivity index (χ4n) is 4.00. The van der Waals surface area contributed by atoms with Gasteiger partial charge in [0.05, 0.1) is 30.7 Å². The molecule has 3 heterocycles. The highest BCUT2D eigenvalue weighted by atomic mass is 19.1. The molecule has 1 saturated heterocycles. The number of hydrogen-bond acceptors (Lipinski definition) is 6. The number of rotatable bonds is 7. The van der Waals surface area contributed by atoms with Crippen LogP contribution < -0.4 is 10.1 Å². The lowest BCUT2D eigenvalue weighted by Gasteiger charge is -2.40. The molecule has 2 fully saturated rings. The largest absolute Gasteiger partial charge is 0.474 e. The van der Waals surface area contributed by atoms with Gasteiger partial charge in [-0.05, 0) is 55.5 Å². The molecule has 0 unspecified atom stereocenters. The van der Waals surface area contributed by atoms with Crippen molar-refractivity contribution in [1.29, 1.82) is 0 Å². The summed E-state index contributed by atoms with van der Waals surface area (Å²) in [6, 6.07) is 12.1. The van der Waals surface area contributed by atoms with Gasteiger partial charge in [-0.25, -0.2) is 9.97 Å². The van der Waals surface area contributed by atoms with E-state index < -0.39 is 17.0 Å². The standard InChI is InChI=1S/C26H26FN3O4/c1-25(2,32)21-11-23(34-19-8-9-19)29-13-20(21)16-3-5-17(6-4-16)26(14-33-15-26)24(31)30-18-7-10-22(27)28-12-18/h3-7,10-13,19,32H,8-9,14-15H2,1-2H3,(H,30,31). The lowest BCUT2D eigenvalue weighted by molar-refractivity contribution is -0.139. The number of halogens is 1. The van der Waals surface area contributed by atoms with Gasteiger partial charge >= 0.3 is 0 Å². The lowest BCUT2D eigenvalue weighted by atomic mass is 9.77. The average molecular weight is 464 g/mol. The first-order chi connectivity index (χ1) is 16.2. The zero-order valence-corrected chi connectivity index (χ0v) is 19.0. The van der Waals surface area contributed by atoms with E-state index in [1.807, 2.05) is 24.3 Å². The smallest absolute Gasteiger partial charge is 0.239 e. The van der Waals surface area contributed by atoms with E-state index >= 15 is 0 Å². The Hall–Kier alpha value is -3.36. The topological polar surface area (TPSA) is 93.6 Å². The van der Waals surface area contributed by atoms with Gasteiger partial charge in [-0.1, -0.05) is 24.3 Å². The van der Waals surface area contributed by atoms with Crippen LogP contribution in [0.1, 0.15) is 37.8 Å². The van der Waals surface area contributed by atoms with Crippen molar-refractivity contribution >= 4 is 11.6 Å². The van der Waals surface area contributed by atoms with E-state index in [4.69, 9.17) is 9.47 Å². The van der Waals surface area contributed by atoms with Gasteiger partial charge in [0, 0.05) is 17.8 Å². The summed E-state index contributed by atoms with van der Waals surface area (Å²) in [5, 5.41) is 13.6. The number of nitrogens with one attached hydrogen (secondary N) is 1. The Labute approximate surface area is 197 Å². The Balaban J connectivity index is 1.41. The number of pyridine rings is 2. The summed E-state index contributed by atoms with van der Waals surface area (Å²) >= 11 is 0. The number of anilines is 1. The Bertz CT molecular complexity index is 1200. The molecule has 1 aromatic carbocycles. The number of carbonyl (C=O) groups excluding carboxylic acids is 1. The molecule has 176 valence electrons. The maximum atomic E-state index is 13.1. The van der Waals surface area contributed by atoms with Gasteiger partial charge < -0.3 is 19.9 Å². The number of benzene rings is 1. The van der Waals surface area contributed by atoms with E-state index in [0.717, 1.165) is 29.5 Å². The number of aromatic nitrogens is 2. The van der Waals surface area contributed by atoms with E-state index in [9.17, 15) is 14.3 Å². The minimum absolute atomic E-state index is 0.213. The van der Waals surface area contributed by atoms with Crippen LogP contribution >= 0.6 is 0 Å². The molecule has 2 N–H and O–H groups in total. The van der Waals surface area contributed by atoms with Crippen LogP contribution in [0.5, 0.6) is 5.88 Å². The lowest BCUT2D eigenvalue weighted by Crippen LogP contribution is -2.55. The second-order valence-electron chi connectivity index (χ2n) is 9.42. The van der Waals surface area contributed by atoms with Crippen LogP contribution in [0.25, 0.3) is 11.1 Å². The molecule has 1 aliphatic carbocycles. The van der Waals surface area contributed by atoms with Crippen molar-refractivity contribution in [3.63, 3.8) is 0 Å². The zero-order chi connectivity index (χ0) is 23.9. The molecule has 34 heavy (non-hydrogen) atoms. The maximum Gasteiger partial charge on any atom is 0.239 e. The summed E-state index contributed by atoms with van der Waals surface area (Å²) in [6.07, 6.45) is 5.27. The van der Waals surface area contributed by atoms with E-state index in [2.05, 4.69) is 15.3 Å².